The second-order valence-electron chi connectivity index (χ2n) is 7.71. The summed E-state index contributed by atoms with van der Waals surface area (Å²) < 4.78 is 12.1. The first kappa shape index (κ1) is 19.9. The number of fused-ring (bicyclic) bond motifs is 3. The third-order valence-electron chi connectivity index (χ3n) is 5.64. The molecule has 8 nitrogen and oxygen atoms in total. The number of carbonyl (C=O) groups excluding carboxylic acids is 1. The topological polar surface area (TPSA) is 103 Å². The van der Waals surface area contributed by atoms with Crippen LogP contribution in [0.2, 0.25) is 0 Å². The molecule has 2 heterocycles. The molecule has 30 heavy (non-hydrogen) atoms. The molecule has 1 aliphatic rings. The van der Waals surface area contributed by atoms with E-state index in [0.717, 1.165) is 5.56 Å². The number of methoxy groups -OCH3 is 2. The number of carbonyl (C=O) groups is 1. The predicted molar refractivity (Wildman–Crippen MR) is 112 cm³/mol. The SMILES string of the molecule is COc1ccc(C2CC(=O)c3cnc4c(c3C2)c(=O)[nH]c(=O)n4C(C)C)cc1OC. The van der Waals surface area contributed by atoms with Gasteiger partial charge in [0.1, 0.15) is 5.65 Å². The van der Waals surface area contributed by atoms with Crippen molar-refractivity contribution in [3.63, 3.8) is 0 Å². The largest absolute Gasteiger partial charge is 0.493 e. The van der Waals surface area contributed by atoms with Crippen molar-refractivity contribution in [1.29, 1.82) is 0 Å². The lowest BCUT2D eigenvalue weighted by atomic mass is 9.79. The summed E-state index contributed by atoms with van der Waals surface area (Å²) in [4.78, 5) is 44.7. The Morgan fingerprint density at radius 1 is 1.10 bits per heavy atom. The molecule has 0 radical (unpaired) electrons. The van der Waals surface area contributed by atoms with E-state index in [0.29, 0.717) is 46.5 Å². The van der Waals surface area contributed by atoms with Crippen molar-refractivity contribution < 1.29 is 14.3 Å². The molecule has 156 valence electrons. The van der Waals surface area contributed by atoms with Gasteiger partial charge in [0.25, 0.3) is 5.56 Å². The van der Waals surface area contributed by atoms with Crippen LogP contribution in [-0.4, -0.2) is 34.5 Å². The molecule has 2 aromatic heterocycles. The van der Waals surface area contributed by atoms with Crippen LogP contribution in [0.1, 0.15) is 53.7 Å². The Kier molecular flexibility index (Phi) is 4.93. The lowest BCUT2D eigenvalue weighted by Gasteiger charge is -2.26. The van der Waals surface area contributed by atoms with Gasteiger partial charge in [-0.05, 0) is 49.4 Å². The molecule has 0 aliphatic heterocycles. The van der Waals surface area contributed by atoms with E-state index < -0.39 is 11.2 Å². The summed E-state index contributed by atoms with van der Waals surface area (Å²) in [5, 5.41) is 0.305. The summed E-state index contributed by atoms with van der Waals surface area (Å²) in [5.74, 6) is 0.983. The zero-order valence-electron chi connectivity index (χ0n) is 17.3. The van der Waals surface area contributed by atoms with Crippen LogP contribution in [0.25, 0.3) is 11.0 Å². The molecule has 0 bridgehead atoms. The van der Waals surface area contributed by atoms with E-state index >= 15 is 0 Å². The second kappa shape index (κ2) is 7.44. The Hall–Kier alpha value is -3.42. The molecule has 4 rings (SSSR count). The minimum atomic E-state index is -0.517. The van der Waals surface area contributed by atoms with Crippen molar-refractivity contribution in [1.82, 2.24) is 14.5 Å². The number of benzene rings is 1. The van der Waals surface area contributed by atoms with E-state index in [4.69, 9.17) is 9.47 Å². The van der Waals surface area contributed by atoms with Crippen LogP contribution in [0.5, 0.6) is 11.5 Å². The zero-order valence-corrected chi connectivity index (χ0v) is 17.3. The summed E-state index contributed by atoms with van der Waals surface area (Å²) in [6.45, 7) is 3.69. The second-order valence-corrected chi connectivity index (χ2v) is 7.71. The smallest absolute Gasteiger partial charge is 0.330 e. The highest BCUT2D eigenvalue weighted by Gasteiger charge is 2.30. The van der Waals surface area contributed by atoms with Crippen LogP contribution in [0.15, 0.2) is 34.0 Å². The number of rotatable bonds is 4. The fourth-order valence-corrected chi connectivity index (χ4v) is 4.20. The standard InChI is InChI=1S/C22H23N3O5/c1-11(2)25-20-19(21(27)24-22(25)28)14-7-13(8-16(26)15(14)10-23-20)12-5-6-17(29-3)18(9-12)30-4/h5-6,9-11,13H,7-8H2,1-4H3,(H,24,27,28). The number of nitrogens with zero attached hydrogens (tertiary/aromatic N) is 2. The third-order valence-corrected chi connectivity index (χ3v) is 5.64. The molecule has 0 fully saturated rings. The number of pyridine rings is 1. The van der Waals surface area contributed by atoms with Gasteiger partial charge in [0, 0.05) is 24.2 Å². The molecule has 3 aromatic rings. The van der Waals surface area contributed by atoms with Gasteiger partial charge in [-0.2, -0.15) is 0 Å². The van der Waals surface area contributed by atoms with Crippen LogP contribution in [0, 0.1) is 0 Å². The lowest BCUT2D eigenvalue weighted by Crippen LogP contribution is -2.33. The maximum absolute atomic E-state index is 12.9. The minimum Gasteiger partial charge on any atom is -0.493 e. The van der Waals surface area contributed by atoms with Crippen LogP contribution in [0.4, 0.5) is 0 Å². The first-order valence-corrected chi connectivity index (χ1v) is 9.77. The molecular formula is C22H23N3O5. The fourth-order valence-electron chi connectivity index (χ4n) is 4.20. The van der Waals surface area contributed by atoms with Gasteiger partial charge in [-0.1, -0.05) is 6.07 Å². The highest BCUT2D eigenvalue weighted by Crippen LogP contribution is 2.38. The summed E-state index contributed by atoms with van der Waals surface area (Å²) >= 11 is 0. The Balaban J connectivity index is 1.90. The summed E-state index contributed by atoms with van der Waals surface area (Å²) in [5.41, 5.74) is 1.28. The average Bonchev–Trinajstić information content (AvgIpc) is 2.72. The number of Topliss-reactive ketones (excluding diaryl/α,β-unsaturated/α-hetero) is 1. The molecule has 1 atom stereocenters. The Morgan fingerprint density at radius 2 is 1.83 bits per heavy atom. The normalized spacial score (nSPS) is 16.0. The van der Waals surface area contributed by atoms with Crippen LogP contribution >= 0.6 is 0 Å². The van der Waals surface area contributed by atoms with E-state index in [2.05, 4.69) is 9.97 Å². The van der Waals surface area contributed by atoms with Crippen molar-refractivity contribution >= 4 is 16.8 Å². The van der Waals surface area contributed by atoms with Gasteiger partial charge < -0.3 is 9.47 Å². The Morgan fingerprint density at radius 3 is 2.50 bits per heavy atom. The van der Waals surface area contributed by atoms with E-state index in [1.165, 1.54) is 10.8 Å². The van der Waals surface area contributed by atoms with E-state index in [1.54, 1.807) is 14.2 Å². The molecule has 8 heteroatoms. The molecule has 0 saturated carbocycles. The highest BCUT2D eigenvalue weighted by molar-refractivity contribution is 6.02. The number of hydrogen-bond donors (Lipinski definition) is 1. The number of ether oxygens (including phenoxy) is 2. The van der Waals surface area contributed by atoms with E-state index in [1.807, 2.05) is 32.0 Å². The number of ketones is 1. The van der Waals surface area contributed by atoms with E-state index in [9.17, 15) is 14.4 Å². The van der Waals surface area contributed by atoms with Crippen molar-refractivity contribution in [2.24, 2.45) is 0 Å². The summed E-state index contributed by atoms with van der Waals surface area (Å²) in [6, 6.07) is 5.38. The summed E-state index contributed by atoms with van der Waals surface area (Å²) in [7, 11) is 3.13. The maximum Gasteiger partial charge on any atom is 0.330 e. The number of aromatic amines is 1. The van der Waals surface area contributed by atoms with Gasteiger partial charge in [0.15, 0.2) is 17.3 Å². The molecule has 0 amide bonds. The number of H-pyrrole nitrogens is 1. The quantitative estimate of drug-likeness (QED) is 0.710. The number of aromatic nitrogens is 3. The first-order chi connectivity index (χ1) is 14.3. The number of hydrogen-bond acceptors (Lipinski definition) is 6. The monoisotopic (exact) mass is 409 g/mol. The van der Waals surface area contributed by atoms with Crippen molar-refractivity contribution in [3.05, 3.63) is 61.9 Å². The fraction of sp³-hybridized carbons (Fsp3) is 0.364. The number of nitrogens with one attached hydrogen (secondary N) is 1. The van der Waals surface area contributed by atoms with Gasteiger partial charge in [0.2, 0.25) is 0 Å². The van der Waals surface area contributed by atoms with E-state index in [-0.39, 0.29) is 17.7 Å². The Labute approximate surface area is 172 Å². The van der Waals surface area contributed by atoms with Gasteiger partial charge in [-0.25, -0.2) is 9.78 Å². The molecule has 1 aromatic carbocycles. The van der Waals surface area contributed by atoms with Gasteiger partial charge >= 0.3 is 5.69 Å². The van der Waals surface area contributed by atoms with Crippen LogP contribution in [-0.2, 0) is 6.42 Å². The molecule has 1 unspecified atom stereocenters. The van der Waals surface area contributed by atoms with Crippen LogP contribution < -0.4 is 20.7 Å². The van der Waals surface area contributed by atoms with Gasteiger partial charge in [0.05, 0.1) is 19.6 Å². The summed E-state index contributed by atoms with van der Waals surface area (Å²) in [6.07, 6.45) is 2.27. The molecule has 1 N–H and O–H groups in total. The molecule has 1 aliphatic carbocycles. The lowest BCUT2D eigenvalue weighted by molar-refractivity contribution is 0.0964. The Bertz CT molecular complexity index is 1270. The van der Waals surface area contributed by atoms with Gasteiger partial charge in [-0.15, -0.1) is 0 Å². The molecule has 0 saturated heterocycles. The van der Waals surface area contributed by atoms with Crippen molar-refractivity contribution in [2.45, 2.75) is 38.6 Å². The molecule has 0 spiro atoms. The maximum atomic E-state index is 12.9. The third kappa shape index (κ3) is 3.08. The zero-order chi connectivity index (χ0) is 21.6. The predicted octanol–water partition coefficient (Wildman–Crippen LogP) is 2.60. The van der Waals surface area contributed by atoms with Crippen molar-refractivity contribution in [3.8, 4) is 11.5 Å². The minimum absolute atomic E-state index is 0.0767. The van der Waals surface area contributed by atoms with Crippen LogP contribution in [0.3, 0.4) is 0 Å². The average molecular weight is 409 g/mol. The van der Waals surface area contributed by atoms with Crippen molar-refractivity contribution in [2.75, 3.05) is 14.2 Å². The van der Waals surface area contributed by atoms with Gasteiger partial charge in [-0.3, -0.25) is 19.1 Å². The molecular weight excluding hydrogens is 386 g/mol. The first-order valence-electron chi connectivity index (χ1n) is 9.77. The highest BCUT2D eigenvalue weighted by atomic mass is 16.5.